The summed E-state index contributed by atoms with van der Waals surface area (Å²) in [6, 6.07) is 12.8. The van der Waals surface area contributed by atoms with Gasteiger partial charge in [0.1, 0.15) is 11.7 Å². The molecule has 2 nitrogen and oxygen atoms in total. The van der Waals surface area contributed by atoms with Crippen LogP contribution in [0.2, 0.25) is 5.02 Å². The van der Waals surface area contributed by atoms with Crippen LogP contribution >= 0.6 is 23.4 Å². The van der Waals surface area contributed by atoms with Crippen molar-refractivity contribution in [3.05, 3.63) is 64.4 Å². The van der Waals surface area contributed by atoms with Crippen LogP contribution < -0.4 is 5.32 Å². The Morgan fingerprint density at radius 3 is 2.81 bits per heavy atom. The summed E-state index contributed by atoms with van der Waals surface area (Å²) in [7, 11) is 0. The summed E-state index contributed by atoms with van der Waals surface area (Å²) in [4.78, 5) is 5.52. The molecule has 3 rings (SSSR count). The number of hydrogen-bond acceptors (Lipinski definition) is 3. The lowest BCUT2D eigenvalue weighted by Gasteiger charge is -2.10. The van der Waals surface area contributed by atoms with Crippen molar-refractivity contribution in [3.8, 4) is 0 Å². The van der Waals surface area contributed by atoms with Crippen molar-refractivity contribution in [1.29, 1.82) is 0 Å². The standard InChI is InChI=1S/C16H14ClFN2S/c17-13-5-3-6-14(18)12(13)10-21-15-7-2-1-4-11(15)16-19-8-9-20-16/h1-7H,8-10H2,(H,19,20). The molecule has 0 bridgehead atoms. The van der Waals surface area contributed by atoms with Crippen LogP contribution in [0.5, 0.6) is 0 Å². The molecule has 0 amide bonds. The predicted octanol–water partition coefficient (Wildman–Crippen LogP) is 4.12. The molecule has 0 saturated carbocycles. The molecule has 21 heavy (non-hydrogen) atoms. The lowest BCUT2D eigenvalue weighted by atomic mass is 10.2. The average molecular weight is 321 g/mol. The molecular formula is C16H14ClFN2S. The molecule has 5 heteroatoms. The van der Waals surface area contributed by atoms with Gasteiger partial charge in [-0.1, -0.05) is 35.9 Å². The fourth-order valence-corrected chi connectivity index (χ4v) is 3.58. The van der Waals surface area contributed by atoms with E-state index in [9.17, 15) is 4.39 Å². The molecule has 2 aromatic carbocycles. The molecule has 0 aliphatic carbocycles. The zero-order chi connectivity index (χ0) is 14.7. The Morgan fingerprint density at radius 2 is 2.05 bits per heavy atom. The maximum Gasteiger partial charge on any atom is 0.129 e. The van der Waals surface area contributed by atoms with Gasteiger partial charge in [0, 0.05) is 33.3 Å². The van der Waals surface area contributed by atoms with E-state index in [1.165, 1.54) is 6.07 Å². The largest absolute Gasteiger partial charge is 0.368 e. The van der Waals surface area contributed by atoms with Gasteiger partial charge in [0.15, 0.2) is 0 Å². The maximum atomic E-state index is 13.8. The quantitative estimate of drug-likeness (QED) is 0.857. The average Bonchev–Trinajstić information content (AvgIpc) is 3.01. The summed E-state index contributed by atoms with van der Waals surface area (Å²) in [5.41, 5.74) is 1.60. The van der Waals surface area contributed by atoms with E-state index in [0.717, 1.165) is 29.4 Å². The number of nitrogens with one attached hydrogen (secondary N) is 1. The van der Waals surface area contributed by atoms with Crippen molar-refractivity contribution in [2.75, 3.05) is 13.1 Å². The molecule has 0 radical (unpaired) electrons. The highest BCUT2D eigenvalue weighted by atomic mass is 35.5. The van der Waals surface area contributed by atoms with Crippen molar-refractivity contribution in [3.63, 3.8) is 0 Å². The molecule has 0 spiro atoms. The topological polar surface area (TPSA) is 24.4 Å². The Kier molecular flexibility index (Phi) is 4.46. The smallest absolute Gasteiger partial charge is 0.129 e. The van der Waals surface area contributed by atoms with Crippen molar-refractivity contribution in [1.82, 2.24) is 5.32 Å². The minimum atomic E-state index is -0.260. The predicted molar refractivity (Wildman–Crippen MR) is 86.8 cm³/mol. The Bertz CT molecular complexity index is 667. The van der Waals surface area contributed by atoms with Gasteiger partial charge >= 0.3 is 0 Å². The van der Waals surface area contributed by atoms with Crippen LogP contribution in [-0.4, -0.2) is 18.9 Å². The van der Waals surface area contributed by atoms with Crippen molar-refractivity contribution < 1.29 is 4.39 Å². The molecule has 0 atom stereocenters. The number of rotatable bonds is 4. The van der Waals surface area contributed by atoms with E-state index < -0.39 is 0 Å². The molecule has 1 aliphatic rings. The van der Waals surface area contributed by atoms with E-state index in [1.54, 1.807) is 23.9 Å². The summed E-state index contributed by atoms with van der Waals surface area (Å²) in [6.45, 7) is 1.67. The fraction of sp³-hybridized carbons (Fsp3) is 0.188. The van der Waals surface area contributed by atoms with Gasteiger partial charge < -0.3 is 5.32 Å². The highest BCUT2D eigenvalue weighted by Crippen LogP contribution is 2.30. The second kappa shape index (κ2) is 6.50. The SMILES string of the molecule is Fc1cccc(Cl)c1CSc1ccccc1C1=NCCN1. The Labute approximate surface area is 132 Å². The summed E-state index contributed by atoms with van der Waals surface area (Å²) in [5.74, 6) is 1.15. The maximum absolute atomic E-state index is 13.8. The van der Waals surface area contributed by atoms with Crippen LogP contribution in [0.4, 0.5) is 4.39 Å². The number of thioether (sulfide) groups is 1. The van der Waals surface area contributed by atoms with Crippen molar-refractivity contribution in [2.24, 2.45) is 4.99 Å². The first-order chi connectivity index (χ1) is 10.3. The minimum Gasteiger partial charge on any atom is -0.368 e. The number of nitrogens with zero attached hydrogens (tertiary/aromatic N) is 1. The van der Waals surface area contributed by atoms with Gasteiger partial charge in [-0.15, -0.1) is 11.8 Å². The van der Waals surface area contributed by atoms with Crippen LogP contribution in [0.1, 0.15) is 11.1 Å². The van der Waals surface area contributed by atoms with E-state index in [4.69, 9.17) is 11.6 Å². The summed E-state index contributed by atoms with van der Waals surface area (Å²) in [6.07, 6.45) is 0. The lowest BCUT2D eigenvalue weighted by Crippen LogP contribution is -2.20. The van der Waals surface area contributed by atoms with Crippen LogP contribution in [0, 0.1) is 5.82 Å². The Morgan fingerprint density at radius 1 is 1.19 bits per heavy atom. The Hall–Kier alpha value is -1.52. The fourth-order valence-electron chi connectivity index (χ4n) is 2.19. The van der Waals surface area contributed by atoms with Crippen molar-refractivity contribution in [2.45, 2.75) is 10.6 Å². The molecule has 1 heterocycles. The molecular weight excluding hydrogens is 307 g/mol. The summed E-state index contributed by atoms with van der Waals surface area (Å²) in [5, 5.41) is 3.74. The molecule has 0 unspecified atom stereocenters. The zero-order valence-corrected chi connectivity index (χ0v) is 12.8. The Balaban J connectivity index is 1.83. The van der Waals surface area contributed by atoms with Crippen molar-refractivity contribution >= 4 is 29.2 Å². The molecule has 1 N–H and O–H groups in total. The number of halogens is 2. The summed E-state index contributed by atoms with van der Waals surface area (Å²) < 4.78 is 13.8. The van der Waals surface area contributed by atoms with Gasteiger partial charge in [0.05, 0.1) is 6.54 Å². The highest BCUT2D eigenvalue weighted by Gasteiger charge is 2.14. The zero-order valence-electron chi connectivity index (χ0n) is 11.3. The lowest BCUT2D eigenvalue weighted by molar-refractivity contribution is 0.617. The first-order valence-electron chi connectivity index (χ1n) is 6.69. The minimum absolute atomic E-state index is 0.260. The van der Waals surface area contributed by atoms with E-state index in [0.29, 0.717) is 16.3 Å². The normalized spacial score (nSPS) is 13.9. The third-order valence-electron chi connectivity index (χ3n) is 3.25. The molecule has 0 aromatic heterocycles. The van der Waals surface area contributed by atoms with Crippen LogP contribution in [0.15, 0.2) is 52.4 Å². The summed E-state index contributed by atoms with van der Waals surface area (Å²) >= 11 is 7.64. The second-order valence-corrected chi connectivity index (χ2v) is 6.07. The van der Waals surface area contributed by atoms with Crippen LogP contribution in [0.3, 0.4) is 0 Å². The first kappa shape index (κ1) is 14.4. The number of amidine groups is 1. The number of aliphatic imine (C=N–C) groups is 1. The van der Waals surface area contributed by atoms with Gasteiger partial charge in [0.25, 0.3) is 0 Å². The van der Waals surface area contributed by atoms with Crippen LogP contribution in [0.25, 0.3) is 0 Å². The second-order valence-electron chi connectivity index (χ2n) is 4.64. The van der Waals surface area contributed by atoms with Gasteiger partial charge in [0.2, 0.25) is 0 Å². The molecule has 2 aromatic rings. The van der Waals surface area contributed by atoms with Gasteiger partial charge in [-0.3, -0.25) is 4.99 Å². The van der Waals surface area contributed by atoms with Gasteiger partial charge in [-0.05, 0) is 18.2 Å². The van der Waals surface area contributed by atoms with Crippen LogP contribution in [-0.2, 0) is 5.75 Å². The third-order valence-corrected chi connectivity index (χ3v) is 4.70. The van der Waals surface area contributed by atoms with Gasteiger partial charge in [-0.25, -0.2) is 4.39 Å². The first-order valence-corrected chi connectivity index (χ1v) is 8.05. The van der Waals surface area contributed by atoms with E-state index in [1.807, 2.05) is 24.3 Å². The number of benzene rings is 2. The third kappa shape index (κ3) is 3.22. The molecule has 1 aliphatic heterocycles. The van der Waals surface area contributed by atoms with E-state index in [2.05, 4.69) is 10.3 Å². The number of hydrogen-bond donors (Lipinski definition) is 1. The van der Waals surface area contributed by atoms with E-state index >= 15 is 0 Å². The molecule has 0 saturated heterocycles. The van der Waals surface area contributed by atoms with E-state index in [-0.39, 0.29) is 5.82 Å². The van der Waals surface area contributed by atoms with Gasteiger partial charge in [-0.2, -0.15) is 0 Å². The monoisotopic (exact) mass is 320 g/mol. The molecule has 0 fully saturated rings. The highest BCUT2D eigenvalue weighted by molar-refractivity contribution is 7.98. The molecule has 108 valence electrons.